The van der Waals surface area contributed by atoms with Gasteiger partial charge in [0.2, 0.25) is 10.0 Å². The van der Waals surface area contributed by atoms with Crippen molar-refractivity contribution in [1.82, 2.24) is 0 Å². The molecule has 0 radical (unpaired) electrons. The molecule has 9 heteroatoms. The molecular weight excluding hydrogens is 372 g/mol. The SMILES string of the molecule is CC(OC(=O)C(C)Oc1ccccc1)C(=O)Nc1ccc(S(N)(=O)=O)cc1. The average molecular weight is 392 g/mol. The Morgan fingerprint density at radius 2 is 1.56 bits per heavy atom. The van der Waals surface area contributed by atoms with Gasteiger partial charge in [0.15, 0.2) is 12.2 Å². The number of benzene rings is 2. The van der Waals surface area contributed by atoms with Crippen molar-refractivity contribution >= 4 is 27.6 Å². The van der Waals surface area contributed by atoms with E-state index < -0.39 is 34.1 Å². The van der Waals surface area contributed by atoms with Crippen LogP contribution in [-0.2, 0) is 24.3 Å². The third-order valence-corrected chi connectivity index (χ3v) is 4.43. The molecule has 1 amide bonds. The monoisotopic (exact) mass is 392 g/mol. The summed E-state index contributed by atoms with van der Waals surface area (Å²) in [4.78, 5) is 24.1. The van der Waals surface area contributed by atoms with Crippen LogP contribution in [0.5, 0.6) is 5.75 Å². The maximum Gasteiger partial charge on any atom is 0.347 e. The number of nitrogens with one attached hydrogen (secondary N) is 1. The lowest BCUT2D eigenvalue weighted by molar-refractivity contribution is -0.159. The van der Waals surface area contributed by atoms with Crippen LogP contribution in [0.4, 0.5) is 5.69 Å². The molecule has 0 aromatic heterocycles. The number of sulfonamides is 1. The third kappa shape index (κ3) is 6.08. The van der Waals surface area contributed by atoms with Gasteiger partial charge in [-0.05, 0) is 50.2 Å². The Morgan fingerprint density at radius 3 is 2.11 bits per heavy atom. The number of carbonyl (C=O) groups is 2. The van der Waals surface area contributed by atoms with Gasteiger partial charge in [0.05, 0.1) is 4.90 Å². The molecule has 0 bridgehead atoms. The van der Waals surface area contributed by atoms with Crippen molar-refractivity contribution in [2.75, 3.05) is 5.32 Å². The van der Waals surface area contributed by atoms with Gasteiger partial charge in [0.1, 0.15) is 5.75 Å². The number of anilines is 1. The summed E-state index contributed by atoms with van der Waals surface area (Å²) in [6.07, 6.45) is -1.96. The number of hydrogen-bond acceptors (Lipinski definition) is 6. The zero-order chi connectivity index (χ0) is 20.0. The van der Waals surface area contributed by atoms with Gasteiger partial charge in [-0.15, -0.1) is 0 Å². The van der Waals surface area contributed by atoms with E-state index in [1.165, 1.54) is 38.1 Å². The Labute approximate surface area is 157 Å². The standard InChI is InChI=1S/C18H20N2O6S/c1-12(26-18(22)13(2)25-15-6-4-3-5-7-15)17(21)20-14-8-10-16(11-9-14)27(19,23)24/h3-13H,1-2H3,(H,20,21)(H2,19,23,24). The summed E-state index contributed by atoms with van der Waals surface area (Å²) in [6.45, 7) is 2.94. The second-order valence-electron chi connectivity index (χ2n) is 5.71. The van der Waals surface area contributed by atoms with Crippen LogP contribution in [0, 0.1) is 0 Å². The van der Waals surface area contributed by atoms with Crippen LogP contribution in [0.1, 0.15) is 13.8 Å². The molecule has 2 unspecified atom stereocenters. The van der Waals surface area contributed by atoms with Crippen molar-refractivity contribution in [1.29, 1.82) is 0 Å². The Balaban J connectivity index is 1.90. The summed E-state index contributed by atoms with van der Waals surface area (Å²) in [5, 5.41) is 7.53. The van der Waals surface area contributed by atoms with Crippen molar-refractivity contribution in [3.8, 4) is 5.75 Å². The lowest BCUT2D eigenvalue weighted by atomic mass is 10.3. The number of ether oxygens (including phenoxy) is 2. The Kier molecular flexibility index (Phi) is 6.54. The van der Waals surface area contributed by atoms with Crippen LogP contribution in [0.2, 0.25) is 0 Å². The van der Waals surface area contributed by atoms with Crippen molar-refractivity contribution in [2.24, 2.45) is 5.14 Å². The largest absolute Gasteiger partial charge is 0.479 e. The summed E-state index contributed by atoms with van der Waals surface area (Å²) in [6, 6.07) is 14.0. The second kappa shape index (κ2) is 8.65. The summed E-state index contributed by atoms with van der Waals surface area (Å²) in [7, 11) is -3.81. The van der Waals surface area contributed by atoms with Crippen molar-refractivity contribution < 1.29 is 27.5 Å². The zero-order valence-electron chi connectivity index (χ0n) is 14.8. The molecule has 0 spiro atoms. The fourth-order valence-corrected chi connectivity index (χ4v) is 2.56. The average Bonchev–Trinajstić information content (AvgIpc) is 2.62. The first-order valence-corrected chi connectivity index (χ1v) is 9.57. The molecule has 2 rings (SSSR count). The molecule has 2 aromatic carbocycles. The van der Waals surface area contributed by atoms with E-state index in [-0.39, 0.29) is 4.90 Å². The van der Waals surface area contributed by atoms with E-state index in [0.29, 0.717) is 11.4 Å². The highest BCUT2D eigenvalue weighted by atomic mass is 32.2. The number of nitrogens with two attached hydrogens (primary N) is 1. The molecule has 0 heterocycles. The fraction of sp³-hybridized carbons (Fsp3) is 0.222. The van der Waals surface area contributed by atoms with E-state index in [2.05, 4.69) is 5.32 Å². The smallest absolute Gasteiger partial charge is 0.347 e. The summed E-state index contributed by atoms with van der Waals surface area (Å²) < 4.78 is 33.0. The molecule has 144 valence electrons. The lowest BCUT2D eigenvalue weighted by Gasteiger charge is -2.17. The maximum atomic E-state index is 12.1. The summed E-state index contributed by atoms with van der Waals surface area (Å²) in [5.41, 5.74) is 0.337. The first-order chi connectivity index (χ1) is 12.7. The molecule has 0 aliphatic rings. The number of rotatable bonds is 7. The van der Waals surface area contributed by atoms with Crippen molar-refractivity contribution in [2.45, 2.75) is 31.0 Å². The van der Waals surface area contributed by atoms with Gasteiger partial charge in [0, 0.05) is 5.69 Å². The van der Waals surface area contributed by atoms with Gasteiger partial charge in [-0.2, -0.15) is 0 Å². The lowest BCUT2D eigenvalue weighted by Crippen LogP contribution is -2.35. The number of primary sulfonamides is 1. The van der Waals surface area contributed by atoms with Gasteiger partial charge >= 0.3 is 5.97 Å². The van der Waals surface area contributed by atoms with E-state index in [1.54, 1.807) is 24.3 Å². The molecule has 27 heavy (non-hydrogen) atoms. The van der Waals surface area contributed by atoms with Crippen LogP contribution in [-0.4, -0.2) is 32.5 Å². The zero-order valence-corrected chi connectivity index (χ0v) is 15.6. The van der Waals surface area contributed by atoms with Gasteiger partial charge < -0.3 is 14.8 Å². The highest BCUT2D eigenvalue weighted by molar-refractivity contribution is 7.89. The fourth-order valence-electron chi connectivity index (χ4n) is 2.05. The van der Waals surface area contributed by atoms with Gasteiger partial charge in [-0.3, -0.25) is 4.79 Å². The predicted octanol–water partition coefficient (Wildman–Crippen LogP) is 1.67. The molecule has 3 N–H and O–H groups in total. The van der Waals surface area contributed by atoms with Crippen molar-refractivity contribution in [3.63, 3.8) is 0 Å². The molecule has 0 saturated carbocycles. The normalized spacial score (nSPS) is 13.3. The molecular formula is C18H20N2O6S. The number of esters is 1. The quantitative estimate of drug-likeness (QED) is 0.691. The van der Waals surface area contributed by atoms with Crippen LogP contribution < -0.4 is 15.2 Å². The maximum absolute atomic E-state index is 12.1. The Morgan fingerprint density at radius 1 is 0.963 bits per heavy atom. The van der Waals surface area contributed by atoms with Crippen molar-refractivity contribution in [3.05, 3.63) is 54.6 Å². The Hall–Kier alpha value is -2.91. The van der Waals surface area contributed by atoms with Crippen LogP contribution >= 0.6 is 0 Å². The molecule has 0 fully saturated rings. The third-order valence-electron chi connectivity index (χ3n) is 3.50. The first kappa shape index (κ1) is 20.4. The van der Waals surface area contributed by atoms with Crippen LogP contribution in [0.25, 0.3) is 0 Å². The van der Waals surface area contributed by atoms with E-state index in [9.17, 15) is 18.0 Å². The number of para-hydroxylation sites is 1. The minimum Gasteiger partial charge on any atom is -0.479 e. The van der Waals surface area contributed by atoms with E-state index in [0.717, 1.165) is 0 Å². The van der Waals surface area contributed by atoms with E-state index in [1.807, 2.05) is 6.07 Å². The molecule has 8 nitrogen and oxygen atoms in total. The summed E-state index contributed by atoms with van der Waals surface area (Å²) in [5.74, 6) is -0.751. The van der Waals surface area contributed by atoms with E-state index in [4.69, 9.17) is 14.6 Å². The highest BCUT2D eigenvalue weighted by Gasteiger charge is 2.23. The first-order valence-electron chi connectivity index (χ1n) is 8.03. The number of amides is 1. The summed E-state index contributed by atoms with van der Waals surface area (Å²) >= 11 is 0. The number of hydrogen-bond donors (Lipinski definition) is 2. The highest BCUT2D eigenvalue weighted by Crippen LogP contribution is 2.14. The van der Waals surface area contributed by atoms with E-state index >= 15 is 0 Å². The minimum atomic E-state index is -3.81. The molecule has 2 aromatic rings. The minimum absolute atomic E-state index is 0.0770. The number of carbonyl (C=O) groups excluding carboxylic acids is 2. The predicted molar refractivity (Wildman–Crippen MR) is 98.5 cm³/mol. The molecule has 0 aliphatic carbocycles. The topological polar surface area (TPSA) is 125 Å². The molecule has 0 aliphatic heterocycles. The second-order valence-corrected chi connectivity index (χ2v) is 7.27. The molecule has 0 saturated heterocycles. The van der Waals surface area contributed by atoms with Gasteiger partial charge in [-0.1, -0.05) is 18.2 Å². The Bertz CT molecular complexity index is 897. The molecule has 2 atom stereocenters. The van der Waals surface area contributed by atoms with Gasteiger partial charge in [-0.25, -0.2) is 18.4 Å². The van der Waals surface area contributed by atoms with Crippen LogP contribution in [0.15, 0.2) is 59.5 Å². The van der Waals surface area contributed by atoms with Gasteiger partial charge in [0.25, 0.3) is 5.91 Å². The van der Waals surface area contributed by atoms with Crippen LogP contribution in [0.3, 0.4) is 0 Å².